The van der Waals surface area contributed by atoms with E-state index < -0.39 is 5.41 Å². The third-order valence-electron chi connectivity index (χ3n) is 7.05. The van der Waals surface area contributed by atoms with Crippen LogP contribution in [0.5, 0.6) is 0 Å². The molecule has 2 aliphatic carbocycles. The Labute approximate surface area is 133 Å². The van der Waals surface area contributed by atoms with Crippen LogP contribution in [0.4, 0.5) is 5.69 Å². The molecule has 0 saturated heterocycles. The lowest BCUT2D eigenvalue weighted by molar-refractivity contribution is -0.130. The SMILES string of the molecule is Cc1ccc(C)c(NC(=O)C23CCC(C)(C(O)C2)C3(C)C)c1. The minimum atomic E-state index is -0.461. The van der Waals surface area contributed by atoms with E-state index in [1.807, 2.05) is 26.0 Å². The minimum Gasteiger partial charge on any atom is -0.393 e. The molecule has 2 bridgehead atoms. The molecule has 3 atom stereocenters. The highest BCUT2D eigenvalue weighted by Gasteiger charge is 2.72. The largest absolute Gasteiger partial charge is 0.393 e. The molecule has 0 aliphatic heterocycles. The third-order valence-corrected chi connectivity index (χ3v) is 7.05. The van der Waals surface area contributed by atoms with Crippen LogP contribution in [0.3, 0.4) is 0 Å². The van der Waals surface area contributed by atoms with Crippen molar-refractivity contribution in [2.45, 2.75) is 60.0 Å². The average molecular weight is 301 g/mol. The van der Waals surface area contributed by atoms with Crippen LogP contribution in [-0.2, 0) is 4.79 Å². The highest BCUT2D eigenvalue weighted by atomic mass is 16.3. The van der Waals surface area contributed by atoms with Gasteiger partial charge in [0.2, 0.25) is 5.91 Å². The molecule has 1 aromatic rings. The monoisotopic (exact) mass is 301 g/mol. The summed E-state index contributed by atoms with van der Waals surface area (Å²) in [5, 5.41) is 13.7. The molecule has 1 amide bonds. The van der Waals surface area contributed by atoms with Crippen LogP contribution in [-0.4, -0.2) is 17.1 Å². The number of carbonyl (C=O) groups excluding carboxylic acids is 1. The summed E-state index contributed by atoms with van der Waals surface area (Å²) >= 11 is 0. The molecule has 3 heteroatoms. The molecule has 3 nitrogen and oxygen atoms in total. The molecule has 2 aliphatic rings. The van der Waals surface area contributed by atoms with Crippen molar-refractivity contribution in [3.05, 3.63) is 29.3 Å². The summed E-state index contributed by atoms with van der Waals surface area (Å²) < 4.78 is 0. The van der Waals surface area contributed by atoms with Gasteiger partial charge in [0.25, 0.3) is 0 Å². The first-order valence-electron chi connectivity index (χ1n) is 8.21. The summed E-state index contributed by atoms with van der Waals surface area (Å²) in [6.07, 6.45) is 1.97. The van der Waals surface area contributed by atoms with E-state index in [9.17, 15) is 9.90 Å². The fourth-order valence-corrected chi connectivity index (χ4v) is 4.74. The molecule has 120 valence electrons. The number of hydrogen-bond acceptors (Lipinski definition) is 2. The lowest BCUT2D eigenvalue weighted by atomic mass is 9.64. The molecular formula is C19H27NO2. The van der Waals surface area contributed by atoms with E-state index in [2.05, 4.69) is 32.2 Å². The van der Waals surface area contributed by atoms with Crippen LogP contribution >= 0.6 is 0 Å². The quantitative estimate of drug-likeness (QED) is 0.872. The van der Waals surface area contributed by atoms with Crippen LogP contribution in [0, 0.1) is 30.1 Å². The molecule has 3 rings (SSSR count). The Hall–Kier alpha value is -1.35. The van der Waals surface area contributed by atoms with Crippen molar-refractivity contribution in [1.29, 1.82) is 0 Å². The minimum absolute atomic E-state index is 0.0754. The van der Waals surface area contributed by atoms with E-state index >= 15 is 0 Å². The smallest absolute Gasteiger partial charge is 0.231 e. The van der Waals surface area contributed by atoms with Gasteiger partial charge >= 0.3 is 0 Å². The molecule has 0 heterocycles. The van der Waals surface area contributed by atoms with Crippen LogP contribution < -0.4 is 5.32 Å². The Balaban J connectivity index is 1.94. The predicted octanol–water partition coefficient (Wildman–Crippen LogP) is 3.82. The van der Waals surface area contributed by atoms with Crippen molar-refractivity contribution in [3.8, 4) is 0 Å². The Morgan fingerprint density at radius 1 is 1.23 bits per heavy atom. The Bertz CT molecular complexity index is 636. The van der Waals surface area contributed by atoms with Gasteiger partial charge in [0, 0.05) is 5.69 Å². The number of rotatable bonds is 2. The highest BCUT2D eigenvalue weighted by Crippen LogP contribution is 2.72. The second-order valence-corrected chi connectivity index (χ2v) is 8.12. The Morgan fingerprint density at radius 3 is 2.45 bits per heavy atom. The van der Waals surface area contributed by atoms with Gasteiger partial charge in [0.1, 0.15) is 0 Å². The summed E-state index contributed by atoms with van der Waals surface area (Å²) in [6, 6.07) is 6.12. The van der Waals surface area contributed by atoms with Gasteiger partial charge in [-0.1, -0.05) is 32.9 Å². The van der Waals surface area contributed by atoms with Gasteiger partial charge in [-0.25, -0.2) is 0 Å². The van der Waals surface area contributed by atoms with Crippen LogP contribution in [0.2, 0.25) is 0 Å². The highest BCUT2D eigenvalue weighted by molar-refractivity contribution is 5.97. The Morgan fingerprint density at radius 2 is 1.91 bits per heavy atom. The normalized spacial score (nSPS) is 35.6. The maximum atomic E-state index is 13.1. The number of amides is 1. The van der Waals surface area contributed by atoms with E-state index in [0.29, 0.717) is 6.42 Å². The topological polar surface area (TPSA) is 49.3 Å². The molecule has 0 radical (unpaired) electrons. The fourth-order valence-electron chi connectivity index (χ4n) is 4.74. The second-order valence-electron chi connectivity index (χ2n) is 8.12. The summed E-state index contributed by atoms with van der Waals surface area (Å²) in [5.41, 5.74) is 2.29. The average Bonchev–Trinajstić information content (AvgIpc) is 2.73. The molecule has 3 unspecified atom stereocenters. The van der Waals surface area contributed by atoms with E-state index in [0.717, 1.165) is 29.7 Å². The van der Waals surface area contributed by atoms with Crippen LogP contribution in [0.15, 0.2) is 18.2 Å². The van der Waals surface area contributed by atoms with E-state index in [1.54, 1.807) is 0 Å². The molecule has 2 fully saturated rings. The number of aliphatic hydroxyl groups excluding tert-OH is 1. The van der Waals surface area contributed by atoms with Gasteiger partial charge in [-0.05, 0) is 61.1 Å². The van der Waals surface area contributed by atoms with Gasteiger partial charge in [0.15, 0.2) is 0 Å². The first-order valence-corrected chi connectivity index (χ1v) is 8.21. The molecule has 0 spiro atoms. The molecule has 1 aromatic carbocycles. The van der Waals surface area contributed by atoms with Gasteiger partial charge in [-0.2, -0.15) is 0 Å². The molecule has 2 saturated carbocycles. The molecule has 2 N–H and O–H groups in total. The van der Waals surface area contributed by atoms with Crippen LogP contribution in [0.25, 0.3) is 0 Å². The number of benzene rings is 1. The lowest BCUT2D eigenvalue weighted by Crippen LogP contribution is -2.43. The zero-order valence-electron chi connectivity index (χ0n) is 14.3. The lowest BCUT2D eigenvalue weighted by Gasteiger charge is -2.40. The predicted molar refractivity (Wildman–Crippen MR) is 88.7 cm³/mol. The zero-order chi connectivity index (χ0) is 16.3. The van der Waals surface area contributed by atoms with Crippen molar-refractivity contribution in [2.24, 2.45) is 16.2 Å². The van der Waals surface area contributed by atoms with E-state index in [-0.39, 0.29) is 22.8 Å². The number of aliphatic hydroxyl groups is 1. The van der Waals surface area contributed by atoms with E-state index in [4.69, 9.17) is 0 Å². The number of nitrogens with one attached hydrogen (secondary N) is 1. The van der Waals surface area contributed by atoms with Crippen LogP contribution in [0.1, 0.15) is 51.2 Å². The first kappa shape index (κ1) is 15.5. The van der Waals surface area contributed by atoms with Gasteiger partial charge in [-0.3, -0.25) is 4.79 Å². The number of hydrogen-bond donors (Lipinski definition) is 2. The molecular weight excluding hydrogens is 274 g/mol. The van der Waals surface area contributed by atoms with E-state index in [1.165, 1.54) is 0 Å². The van der Waals surface area contributed by atoms with Crippen molar-refractivity contribution < 1.29 is 9.90 Å². The number of anilines is 1. The maximum Gasteiger partial charge on any atom is 0.231 e. The number of fused-ring (bicyclic) bond motifs is 2. The second kappa shape index (κ2) is 4.58. The summed E-state index contributed by atoms with van der Waals surface area (Å²) in [7, 11) is 0. The third kappa shape index (κ3) is 1.75. The zero-order valence-corrected chi connectivity index (χ0v) is 14.3. The fraction of sp³-hybridized carbons (Fsp3) is 0.632. The van der Waals surface area contributed by atoms with Gasteiger partial charge in [-0.15, -0.1) is 0 Å². The van der Waals surface area contributed by atoms with Crippen molar-refractivity contribution >= 4 is 11.6 Å². The number of carbonyl (C=O) groups is 1. The summed E-state index contributed by atoms with van der Waals surface area (Å²) in [4.78, 5) is 13.1. The molecule has 0 aromatic heterocycles. The summed E-state index contributed by atoms with van der Waals surface area (Å²) in [5.74, 6) is 0.0754. The van der Waals surface area contributed by atoms with Gasteiger partial charge in [0.05, 0.1) is 11.5 Å². The summed E-state index contributed by atoms with van der Waals surface area (Å²) in [6.45, 7) is 10.5. The van der Waals surface area contributed by atoms with Crippen molar-refractivity contribution in [2.75, 3.05) is 5.32 Å². The Kier molecular flexibility index (Phi) is 3.23. The number of aryl methyl sites for hydroxylation is 2. The van der Waals surface area contributed by atoms with Gasteiger partial charge < -0.3 is 10.4 Å². The first-order chi connectivity index (χ1) is 10.1. The standard InChI is InChI=1S/C19H27NO2/c1-12-6-7-13(2)14(10-12)20-16(22)19-9-8-18(5,15(21)11-19)17(19,3)4/h6-7,10,15,21H,8-9,11H2,1-5H3,(H,20,22). The van der Waals surface area contributed by atoms with Crippen molar-refractivity contribution in [3.63, 3.8) is 0 Å². The maximum absolute atomic E-state index is 13.1. The van der Waals surface area contributed by atoms with Crippen molar-refractivity contribution in [1.82, 2.24) is 0 Å². The molecule has 22 heavy (non-hydrogen) atoms.